The Kier molecular flexibility index (Phi) is 5.02. The summed E-state index contributed by atoms with van der Waals surface area (Å²) in [6.45, 7) is 7.31. The van der Waals surface area contributed by atoms with Crippen molar-refractivity contribution in [2.75, 3.05) is 12.0 Å². The quantitative estimate of drug-likeness (QED) is 0.421. The van der Waals surface area contributed by atoms with Gasteiger partial charge in [0.05, 0.1) is 12.2 Å². The zero-order valence-corrected chi connectivity index (χ0v) is 16.0. The molecule has 1 aliphatic heterocycles. The van der Waals surface area contributed by atoms with E-state index in [9.17, 15) is 0 Å². The topological polar surface area (TPSA) is 35.0 Å². The van der Waals surface area contributed by atoms with Gasteiger partial charge < -0.3 is 4.74 Å². The number of ether oxygens (including phenoxy) is 1. The highest BCUT2D eigenvalue weighted by atomic mass is 32.2. The van der Waals surface area contributed by atoms with Gasteiger partial charge in [-0.3, -0.25) is 0 Å². The Labute approximate surface area is 144 Å². The Balaban J connectivity index is 2.09. The predicted molar refractivity (Wildman–Crippen MR) is 97.4 cm³/mol. The average molecular weight is 355 g/mol. The minimum Gasteiger partial charge on any atom is -0.369 e. The summed E-state index contributed by atoms with van der Waals surface area (Å²) >= 11 is 5.27. The monoisotopic (exact) mass is 354 g/mol. The number of thiophene rings is 1. The Morgan fingerprint density at radius 3 is 2.82 bits per heavy atom. The average Bonchev–Trinajstić information content (AvgIpc) is 2.89. The lowest BCUT2D eigenvalue weighted by Crippen LogP contribution is -2.33. The summed E-state index contributed by atoms with van der Waals surface area (Å²) in [5, 5.41) is 3.31. The normalized spacial score (nSPS) is 21.3. The second kappa shape index (κ2) is 6.67. The van der Waals surface area contributed by atoms with Gasteiger partial charge in [-0.2, -0.15) is 0 Å². The molecule has 3 nitrogen and oxygen atoms in total. The lowest BCUT2D eigenvalue weighted by atomic mass is 9.90. The summed E-state index contributed by atoms with van der Waals surface area (Å²) in [4.78, 5) is 12.1. The first-order valence-corrected chi connectivity index (χ1v) is 10.8. The zero-order chi connectivity index (χ0) is 15.7. The molecule has 2 aromatic rings. The first kappa shape index (κ1) is 16.6. The third-order valence-corrected chi connectivity index (χ3v) is 6.99. The van der Waals surface area contributed by atoms with E-state index in [0.717, 1.165) is 40.0 Å². The molecule has 0 unspecified atom stereocenters. The molecule has 1 atom stereocenters. The number of thioether (sulfide) groups is 2. The second-order valence-corrected chi connectivity index (χ2v) is 8.76. The number of fused-ring (bicyclic) bond motifs is 3. The molecule has 3 heterocycles. The molecule has 3 rings (SSSR count). The van der Waals surface area contributed by atoms with Gasteiger partial charge in [0.1, 0.15) is 9.86 Å². The molecule has 0 aliphatic carbocycles. The third-order valence-electron chi connectivity index (χ3n) is 4.16. The fraction of sp³-hybridized carbons (Fsp3) is 0.625. The van der Waals surface area contributed by atoms with Crippen molar-refractivity contribution in [3.8, 4) is 0 Å². The van der Waals surface area contributed by atoms with E-state index in [1.807, 2.05) is 0 Å². The van der Waals surface area contributed by atoms with Crippen LogP contribution < -0.4 is 0 Å². The van der Waals surface area contributed by atoms with E-state index in [1.165, 1.54) is 15.8 Å². The fourth-order valence-electron chi connectivity index (χ4n) is 2.65. The van der Waals surface area contributed by atoms with Crippen LogP contribution in [-0.2, 0) is 17.8 Å². The zero-order valence-electron chi connectivity index (χ0n) is 13.6. The van der Waals surface area contributed by atoms with Crippen LogP contribution in [0, 0.1) is 0 Å². The van der Waals surface area contributed by atoms with Gasteiger partial charge >= 0.3 is 0 Å². The molecule has 0 radical (unpaired) electrons. The van der Waals surface area contributed by atoms with Crippen LogP contribution in [0.1, 0.15) is 44.1 Å². The molecular weight excluding hydrogens is 332 g/mol. The van der Waals surface area contributed by atoms with Gasteiger partial charge in [0.2, 0.25) is 0 Å². The molecule has 1 aliphatic rings. The van der Waals surface area contributed by atoms with Crippen LogP contribution in [-0.4, -0.2) is 27.6 Å². The second-order valence-electron chi connectivity index (χ2n) is 5.82. The molecule has 0 aromatic carbocycles. The van der Waals surface area contributed by atoms with Crippen molar-refractivity contribution in [1.29, 1.82) is 0 Å². The van der Waals surface area contributed by atoms with Gasteiger partial charge in [-0.05, 0) is 31.6 Å². The highest BCUT2D eigenvalue weighted by molar-refractivity contribution is 7.99. The van der Waals surface area contributed by atoms with Crippen LogP contribution in [0.3, 0.4) is 0 Å². The summed E-state index contributed by atoms with van der Waals surface area (Å²) in [7, 11) is 0. The van der Waals surface area contributed by atoms with Crippen molar-refractivity contribution in [1.82, 2.24) is 9.97 Å². The lowest BCUT2D eigenvalue weighted by molar-refractivity contribution is -0.0543. The number of aromatic nitrogens is 2. The molecule has 0 bridgehead atoms. The van der Waals surface area contributed by atoms with Crippen LogP contribution in [0.4, 0.5) is 0 Å². The molecular formula is C16H22N2OS3. The maximum absolute atomic E-state index is 6.09. The van der Waals surface area contributed by atoms with Crippen molar-refractivity contribution >= 4 is 45.1 Å². The van der Waals surface area contributed by atoms with Crippen LogP contribution in [0.15, 0.2) is 10.2 Å². The Bertz CT molecular complexity index is 686. The summed E-state index contributed by atoms with van der Waals surface area (Å²) in [6.07, 6.45) is 5.25. The van der Waals surface area contributed by atoms with Gasteiger partial charge in [-0.1, -0.05) is 25.6 Å². The molecule has 0 N–H and O–H groups in total. The van der Waals surface area contributed by atoms with E-state index in [1.54, 1.807) is 34.9 Å². The molecule has 0 saturated heterocycles. The van der Waals surface area contributed by atoms with Crippen LogP contribution >= 0.6 is 34.9 Å². The van der Waals surface area contributed by atoms with Crippen molar-refractivity contribution in [2.24, 2.45) is 0 Å². The minimum absolute atomic E-state index is 0.0493. The number of hydrogen-bond acceptors (Lipinski definition) is 6. The van der Waals surface area contributed by atoms with Gasteiger partial charge in [0.25, 0.3) is 0 Å². The highest BCUT2D eigenvalue weighted by Gasteiger charge is 2.33. The van der Waals surface area contributed by atoms with Crippen molar-refractivity contribution < 1.29 is 4.74 Å². The highest BCUT2D eigenvalue weighted by Crippen LogP contribution is 2.42. The standard InChI is InChI=1S/C16H22N2OS3/c1-5-7-21-15-17-13(20-4)12-10-8-16(3,6-2)19-9-11(10)22-14(12)18-15/h5-9H2,1-4H3/t16-/m0/s1. The van der Waals surface area contributed by atoms with Crippen LogP contribution in [0.5, 0.6) is 0 Å². The SMILES string of the molecule is CCCSc1nc(SC)c2c3c(sc2n1)CO[C@@](C)(CC)C3. The van der Waals surface area contributed by atoms with E-state index in [2.05, 4.69) is 27.0 Å². The number of hydrogen-bond donors (Lipinski definition) is 0. The van der Waals surface area contributed by atoms with Crippen LogP contribution in [0.25, 0.3) is 10.2 Å². The lowest BCUT2D eigenvalue weighted by Gasteiger charge is -2.33. The molecule has 120 valence electrons. The molecule has 0 amide bonds. The Morgan fingerprint density at radius 2 is 2.14 bits per heavy atom. The first-order valence-electron chi connectivity index (χ1n) is 7.73. The van der Waals surface area contributed by atoms with Gasteiger partial charge in [-0.25, -0.2) is 9.97 Å². The predicted octanol–water partition coefficient (Wildman–Crippen LogP) is 5.16. The first-order chi connectivity index (χ1) is 10.6. The fourth-order valence-corrected chi connectivity index (χ4v) is 5.24. The summed E-state index contributed by atoms with van der Waals surface area (Å²) in [5.74, 6) is 1.07. The number of rotatable bonds is 5. The number of nitrogens with zero attached hydrogens (tertiary/aromatic N) is 2. The molecule has 2 aromatic heterocycles. The third kappa shape index (κ3) is 3.03. The molecule has 6 heteroatoms. The maximum atomic E-state index is 6.09. The van der Waals surface area contributed by atoms with E-state index < -0.39 is 0 Å². The van der Waals surface area contributed by atoms with E-state index in [0.29, 0.717) is 6.61 Å². The summed E-state index contributed by atoms with van der Waals surface area (Å²) in [5.41, 5.74) is 1.37. The maximum Gasteiger partial charge on any atom is 0.190 e. The van der Waals surface area contributed by atoms with Crippen LogP contribution in [0.2, 0.25) is 0 Å². The Morgan fingerprint density at radius 1 is 1.32 bits per heavy atom. The minimum atomic E-state index is -0.0493. The molecule has 0 saturated carbocycles. The van der Waals surface area contributed by atoms with Gasteiger partial charge in [0.15, 0.2) is 5.16 Å². The van der Waals surface area contributed by atoms with E-state index >= 15 is 0 Å². The largest absolute Gasteiger partial charge is 0.369 e. The van der Waals surface area contributed by atoms with Crippen molar-refractivity contribution in [3.05, 3.63) is 10.4 Å². The molecule has 22 heavy (non-hydrogen) atoms. The van der Waals surface area contributed by atoms with Gasteiger partial charge in [0, 0.05) is 22.4 Å². The van der Waals surface area contributed by atoms with Gasteiger partial charge in [-0.15, -0.1) is 23.1 Å². The van der Waals surface area contributed by atoms with Crippen molar-refractivity contribution in [3.63, 3.8) is 0 Å². The van der Waals surface area contributed by atoms with E-state index in [4.69, 9.17) is 14.7 Å². The summed E-state index contributed by atoms with van der Waals surface area (Å²) < 4.78 is 6.09. The van der Waals surface area contributed by atoms with Crippen molar-refractivity contribution in [2.45, 2.75) is 62.4 Å². The molecule has 0 fully saturated rings. The Hall–Kier alpha value is -0.300. The summed E-state index contributed by atoms with van der Waals surface area (Å²) in [6, 6.07) is 0. The molecule has 0 spiro atoms. The van der Waals surface area contributed by atoms with E-state index in [-0.39, 0.29) is 5.60 Å². The smallest absolute Gasteiger partial charge is 0.190 e.